The van der Waals surface area contributed by atoms with Crippen molar-refractivity contribution in [3.8, 4) is 0 Å². The van der Waals surface area contributed by atoms with Crippen LogP contribution in [0.25, 0.3) is 0 Å². The normalized spacial score (nSPS) is 18.8. The van der Waals surface area contributed by atoms with Crippen LogP contribution >= 0.6 is 11.6 Å². The summed E-state index contributed by atoms with van der Waals surface area (Å²) < 4.78 is 0. The van der Waals surface area contributed by atoms with Crippen LogP contribution < -0.4 is 5.32 Å². The van der Waals surface area contributed by atoms with Gasteiger partial charge in [0.2, 0.25) is 5.91 Å². The van der Waals surface area contributed by atoms with Crippen molar-refractivity contribution in [1.82, 2.24) is 0 Å². The summed E-state index contributed by atoms with van der Waals surface area (Å²) in [6.45, 7) is 0. The lowest BCUT2D eigenvalue weighted by Crippen LogP contribution is -2.12. The molecule has 4 heteroatoms. The van der Waals surface area contributed by atoms with Crippen molar-refractivity contribution >= 4 is 29.0 Å². The summed E-state index contributed by atoms with van der Waals surface area (Å²) in [7, 11) is 0. The predicted octanol–water partition coefficient (Wildman–Crippen LogP) is 3.99. The first-order valence-corrected chi connectivity index (χ1v) is 7.67. The van der Waals surface area contributed by atoms with Crippen LogP contribution in [0, 0.1) is 5.92 Å². The summed E-state index contributed by atoms with van der Waals surface area (Å²) in [6, 6.07) is 3.50. The van der Waals surface area contributed by atoms with Gasteiger partial charge in [0.25, 0.3) is 0 Å². The molecular weight excluding hydrogens is 274 g/mol. The van der Waals surface area contributed by atoms with Crippen LogP contribution in [-0.4, -0.2) is 11.7 Å². The van der Waals surface area contributed by atoms with E-state index in [2.05, 4.69) is 5.32 Å². The zero-order valence-electron chi connectivity index (χ0n) is 11.4. The average Bonchev–Trinajstić information content (AvgIpc) is 2.78. The Bertz CT molecular complexity index is 562. The van der Waals surface area contributed by atoms with Crippen molar-refractivity contribution < 1.29 is 9.59 Å². The highest BCUT2D eigenvalue weighted by Gasteiger charge is 2.24. The lowest BCUT2D eigenvalue weighted by molar-refractivity contribution is -0.115. The molecule has 1 aromatic rings. The zero-order valence-corrected chi connectivity index (χ0v) is 12.1. The highest BCUT2D eigenvalue weighted by atomic mass is 35.5. The van der Waals surface area contributed by atoms with Crippen molar-refractivity contribution in [2.24, 2.45) is 5.92 Å². The number of carbonyl (C=O) groups excluding carboxylic acids is 2. The molecule has 0 bridgehead atoms. The van der Waals surface area contributed by atoms with Crippen LogP contribution in [0.3, 0.4) is 0 Å². The van der Waals surface area contributed by atoms with Gasteiger partial charge in [0, 0.05) is 17.7 Å². The van der Waals surface area contributed by atoms with Crippen molar-refractivity contribution in [2.45, 2.75) is 44.9 Å². The van der Waals surface area contributed by atoms with Crippen LogP contribution in [-0.2, 0) is 11.2 Å². The Hall–Kier alpha value is -1.35. The third-order valence-electron chi connectivity index (χ3n) is 4.32. The van der Waals surface area contributed by atoms with Gasteiger partial charge in [-0.3, -0.25) is 9.59 Å². The van der Waals surface area contributed by atoms with Crippen molar-refractivity contribution in [3.63, 3.8) is 0 Å². The van der Waals surface area contributed by atoms with Gasteiger partial charge in [-0.15, -0.1) is 0 Å². The molecule has 20 heavy (non-hydrogen) atoms. The fourth-order valence-electron chi connectivity index (χ4n) is 3.23. The Morgan fingerprint density at radius 2 is 2.00 bits per heavy atom. The smallest absolute Gasteiger partial charge is 0.228 e. The molecule has 0 radical (unpaired) electrons. The van der Waals surface area contributed by atoms with Gasteiger partial charge in [0.05, 0.1) is 11.4 Å². The third kappa shape index (κ3) is 2.73. The van der Waals surface area contributed by atoms with Crippen LogP contribution in [0.1, 0.15) is 54.4 Å². The Kier molecular flexibility index (Phi) is 3.79. The number of nitrogens with one attached hydrogen (secondary N) is 1. The van der Waals surface area contributed by atoms with Crippen LogP contribution in [0.2, 0.25) is 5.02 Å². The third-order valence-corrected chi connectivity index (χ3v) is 4.63. The number of hydrogen-bond donors (Lipinski definition) is 1. The monoisotopic (exact) mass is 291 g/mol. The van der Waals surface area contributed by atoms with E-state index in [1.165, 1.54) is 19.3 Å². The molecule has 0 atom stereocenters. The van der Waals surface area contributed by atoms with Crippen LogP contribution in [0.15, 0.2) is 12.1 Å². The Morgan fingerprint density at radius 3 is 2.75 bits per heavy atom. The first kappa shape index (κ1) is 13.6. The summed E-state index contributed by atoms with van der Waals surface area (Å²) in [4.78, 5) is 23.8. The number of amides is 1. The quantitative estimate of drug-likeness (QED) is 0.856. The number of anilines is 1. The fraction of sp³-hybridized carbons (Fsp3) is 0.500. The summed E-state index contributed by atoms with van der Waals surface area (Å²) in [5.41, 5.74) is 2.20. The van der Waals surface area contributed by atoms with E-state index in [4.69, 9.17) is 11.6 Å². The van der Waals surface area contributed by atoms with Gasteiger partial charge < -0.3 is 5.32 Å². The van der Waals surface area contributed by atoms with Gasteiger partial charge in [0.1, 0.15) is 0 Å². The Labute approximate surface area is 123 Å². The minimum atomic E-state index is -0.0343. The molecule has 1 fully saturated rings. The number of halogens is 1. The Balaban J connectivity index is 1.78. The largest absolute Gasteiger partial charge is 0.325 e. The van der Waals surface area contributed by atoms with Crippen LogP contribution in [0.5, 0.6) is 0 Å². The minimum absolute atomic E-state index is 0.0343. The van der Waals surface area contributed by atoms with Gasteiger partial charge in [-0.1, -0.05) is 43.7 Å². The molecule has 3 nitrogen and oxygen atoms in total. The summed E-state index contributed by atoms with van der Waals surface area (Å²) in [5, 5.41) is 3.20. The molecule has 1 aromatic carbocycles. The second-order valence-corrected chi connectivity index (χ2v) is 6.25. The predicted molar refractivity (Wildman–Crippen MR) is 79.3 cm³/mol. The topological polar surface area (TPSA) is 46.2 Å². The minimum Gasteiger partial charge on any atom is -0.325 e. The molecule has 3 rings (SSSR count). The number of Topliss-reactive ketones (excluding diaryl/α,β-unsaturated/α-hetero) is 1. The highest BCUT2D eigenvalue weighted by molar-refractivity contribution is 6.34. The summed E-state index contributed by atoms with van der Waals surface area (Å²) in [6.07, 6.45) is 6.97. The van der Waals surface area contributed by atoms with Crippen molar-refractivity contribution in [1.29, 1.82) is 0 Å². The molecule has 0 unspecified atom stereocenters. The summed E-state index contributed by atoms with van der Waals surface area (Å²) >= 11 is 6.20. The van der Waals surface area contributed by atoms with E-state index in [0.29, 0.717) is 29.3 Å². The first-order valence-electron chi connectivity index (χ1n) is 7.29. The molecule has 106 valence electrons. The molecule has 0 spiro atoms. The van der Waals surface area contributed by atoms with Gasteiger partial charge in [-0.2, -0.15) is 0 Å². The van der Waals surface area contributed by atoms with Gasteiger partial charge in [0.15, 0.2) is 5.78 Å². The highest BCUT2D eigenvalue weighted by Crippen LogP contribution is 2.33. The lowest BCUT2D eigenvalue weighted by Gasteiger charge is -2.21. The number of rotatable bonds is 3. The van der Waals surface area contributed by atoms with E-state index in [1.54, 1.807) is 12.1 Å². The molecule has 1 aliphatic carbocycles. The van der Waals surface area contributed by atoms with Crippen molar-refractivity contribution in [2.75, 3.05) is 5.32 Å². The van der Waals surface area contributed by atoms with E-state index in [-0.39, 0.29) is 11.7 Å². The fourth-order valence-corrected chi connectivity index (χ4v) is 3.49. The first-order chi connectivity index (χ1) is 9.63. The lowest BCUT2D eigenvalue weighted by atomic mass is 9.84. The standard InChI is InChI=1S/C16H18ClNO2/c17-13-9-14-11(8-16(20)18-14)7-12(13)15(19)6-10-4-2-1-3-5-10/h7,9-10H,1-6,8H2,(H,18,20). The van der Waals surface area contributed by atoms with E-state index in [9.17, 15) is 9.59 Å². The molecule has 1 aliphatic heterocycles. The molecule has 2 aliphatic rings. The second-order valence-electron chi connectivity index (χ2n) is 5.85. The molecule has 0 saturated heterocycles. The van der Waals surface area contributed by atoms with E-state index >= 15 is 0 Å². The number of benzene rings is 1. The molecule has 1 amide bonds. The number of hydrogen-bond acceptors (Lipinski definition) is 2. The average molecular weight is 292 g/mol. The molecular formula is C16H18ClNO2. The molecule has 1 saturated carbocycles. The number of fused-ring (bicyclic) bond motifs is 1. The SMILES string of the molecule is O=C1Cc2cc(C(=O)CC3CCCCC3)c(Cl)cc2N1. The molecule has 1 heterocycles. The molecule has 1 N–H and O–H groups in total. The number of ketones is 1. The maximum atomic E-state index is 12.4. The van der Waals surface area contributed by atoms with Gasteiger partial charge in [-0.25, -0.2) is 0 Å². The maximum absolute atomic E-state index is 12.4. The maximum Gasteiger partial charge on any atom is 0.228 e. The number of carbonyl (C=O) groups is 2. The van der Waals surface area contributed by atoms with Crippen molar-refractivity contribution in [3.05, 3.63) is 28.3 Å². The van der Waals surface area contributed by atoms with E-state index in [1.807, 2.05) is 0 Å². The van der Waals surface area contributed by atoms with Gasteiger partial charge in [-0.05, 0) is 23.6 Å². The van der Waals surface area contributed by atoms with E-state index in [0.717, 1.165) is 24.1 Å². The Morgan fingerprint density at radius 1 is 1.25 bits per heavy atom. The zero-order chi connectivity index (χ0) is 14.1. The second kappa shape index (κ2) is 5.57. The molecule has 0 aromatic heterocycles. The van der Waals surface area contributed by atoms with E-state index < -0.39 is 0 Å². The van der Waals surface area contributed by atoms with Gasteiger partial charge >= 0.3 is 0 Å². The summed E-state index contributed by atoms with van der Waals surface area (Å²) in [5.74, 6) is 0.581. The van der Waals surface area contributed by atoms with Crippen LogP contribution in [0.4, 0.5) is 5.69 Å².